The van der Waals surface area contributed by atoms with E-state index in [-0.39, 0.29) is 24.0 Å². The van der Waals surface area contributed by atoms with E-state index in [1.54, 1.807) is 14.2 Å². The largest absolute Gasteiger partial charge is 0.493 e. The number of nitrogens with one attached hydrogen (secondary N) is 2. The van der Waals surface area contributed by atoms with E-state index in [4.69, 9.17) is 14.5 Å². The zero-order valence-electron chi connectivity index (χ0n) is 17.5. The van der Waals surface area contributed by atoms with E-state index in [9.17, 15) is 0 Å². The van der Waals surface area contributed by atoms with Crippen LogP contribution in [-0.4, -0.2) is 40.8 Å². The van der Waals surface area contributed by atoms with Crippen LogP contribution < -0.4 is 25.0 Å². The molecule has 0 unspecified atom stereocenters. The number of aryl methyl sites for hydroxylation is 1. The molecule has 0 amide bonds. The van der Waals surface area contributed by atoms with Crippen LogP contribution in [0, 0.1) is 6.92 Å². The summed E-state index contributed by atoms with van der Waals surface area (Å²) in [6.07, 6.45) is 0. The highest BCUT2D eigenvalue weighted by Gasteiger charge is 2.08. The SMILES string of the molecule is CCNC(=NCc1ccc(C)cc1N(C)C)Nc1ccc(OC)c(OC)c1.I. The van der Waals surface area contributed by atoms with Crippen molar-refractivity contribution in [2.24, 2.45) is 4.99 Å². The number of halogens is 1. The summed E-state index contributed by atoms with van der Waals surface area (Å²) < 4.78 is 10.7. The minimum atomic E-state index is 0. The molecule has 2 rings (SSSR count). The van der Waals surface area contributed by atoms with Crippen molar-refractivity contribution in [3.8, 4) is 11.5 Å². The van der Waals surface area contributed by atoms with Gasteiger partial charge in [-0.25, -0.2) is 4.99 Å². The number of hydrogen-bond donors (Lipinski definition) is 2. The fraction of sp³-hybridized carbons (Fsp3) is 0.381. The zero-order chi connectivity index (χ0) is 19.8. The maximum Gasteiger partial charge on any atom is 0.196 e. The van der Waals surface area contributed by atoms with Crippen LogP contribution in [0.2, 0.25) is 0 Å². The van der Waals surface area contributed by atoms with Gasteiger partial charge in [0.2, 0.25) is 0 Å². The number of nitrogens with zero attached hydrogens (tertiary/aromatic N) is 2. The number of anilines is 2. The number of aliphatic imine (C=N–C) groups is 1. The standard InChI is InChI=1S/C21H30N4O2.HI/c1-7-22-21(24-17-10-11-19(26-5)20(13-17)27-6)23-14-16-9-8-15(2)12-18(16)25(3)4;/h8-13H,7,14H2,1-6H3,(H2,22,23,24);1H. The van der Waals surface area contributed by atoms with Gasteiger partial charge < -0.3 is 25.0 Å². The van der Waals surface area contributed by atoms with Crippen molar-refractivity contribution in [1.29, 1.82) is 0 Å². The van der Waals surface area contributed by atoms with Crippen molar-refractivity contribution in [3.05, 3.63) is 47.5 Å². The summed E-state index contributed by atoms with van der Waals surface area (Å²) in [5.74, 6) is 2.09. The molecule has 0 heterocycles. The van der Waals surface area contributed by atoms with Crippen molar-refractivity contribution >= 4 is 41.3 Å². The van der Waals surface area contributed by atoms with Gasteiger partial charge in [-0.05, 0) is 43.2 Å². The molecule has 2 N–H and O–H groups in total. The Balaban J connectivity index is 0.00000392. The summed E-state index contributed by atoms with van der Waals surface area (Å²) in [7, 11) is 7.35. The molecule has 7 heteroatoms. The van der Waals surface area contributed by atoms with Gasteiger partial charge in [-0.1, -0.05) is 12.1 Å². The highest BCUT2D eigenvalue weighted by molar-refractivity contribution is 14.0. The van der Waals surface area contributed by atoms with Gasteiger partial charge in [-0.3, -0.25) is 0 Å². The first-order valence-electron chi connectivity index (χ1n) is 9.02. The van der Waals surface area contributed by atoms with Crippen LogP contribution in [-0.2, 0) is 6.54 Å². The van der Waals surface area contributed by atoms with Gasteiger partial charge >= 0.3 is 0 Å². The second-order valence-corrected chi connectivity index (χ2v) is 6.42. The molecule has 6 nitrogen and oxygen atoms in total. The molecule has 0 radical (unpaired) electrons. The second kappa shape index (κ2) is 11.6. The van der Waals surface area contributed by atoms with E-state index in [2.05, 4.69) is 54.8 Å². The molecule has 0 spiro atoms. The zero-order valence-corrected chi connectivity index (χ0v) is 19.8. The van der Waals surface area contributed by atoms with Crippen LogP contribution in [0.5, 0.6) is 11.5 Å². The van der Waals surface area contributed by atoms with Gasteiger partial charge in [0.25, 0.3) is 0 Å². The lowest BCUT2D eigenvalue weighted by atomic mass is 10.1. The third-order valence-corrected chi connectivity index (χ3v) is 4.12. The first-order valence-corrected chi connectivity index (χ1v) is 9.02. The van der Waals surface area contributed by atoms with Crippen molar-refractivity contribution < 1.29 is 9.47 Å². The lowest BCUT2D eigenvalue weighted by molar-refractivity contribution is 0.355. The topological polar surface area (TPSA) is 58.1 Å². The molecule has 28 heavy (non-hydrogen) atoms. The molecule has 0 saturated heterocycles. The Hall–Kier alpha value is -2.16. The second-order valence-electron chi connectivity index (χ2n) is 6.42. The van der Waals surface area contributed by atoms with Crippen LogP contribution in [0.25, 0.3) is 0 Å². The Morgan fingerprint density at radius 1 is 1.04 bits per heavy atom. The number of ether oxygens (including phenoxy) is 2. The van der Waals surface area contributed by atoms with Crippen LogP contribution in [0.3, 0.4) is 0 Å². The first kappa shape index (κ1) is 23.9. The van der Waals surface area contributed by atoms with Crippen LogP contribution >= 0.6 is 24.0 Å². The first-order chi connectivity index (χ1) is 13.0. The molecule has 0 bridgehead atoms. The van der Waals surface area contributed by atoms with Gasteiger partial charge in [0.05, 0.1) is 20.8 Å². The number of guanidine groups is 1. The maximum atomic E-state index is 5.37. The summed E-state index contributed by atoms with van der Waals surface area (Å²) in [6, 6.07) is 12.1. The number of benzene rings is 2. The smallest absolute Gasteiger partial charge is 0.196 e. The van der Waals surface area contributed by atoms with Crippen molar-refractivity contribution in [2.45, 2.75) is 20.4 Å². The summed E-state index contributed by atoms with van der Waals surface area (Å²) in [5.41, 5.74) is 4.47. The van der Waals surface area contributed by atoms with Gasteiger partial charge in [0, 0.05) is 38.1 Å². The van der Waals surface area contributed by atoms with Crippen LogP contribution in [0.1, 0.15) is 18.1 Å². The lowest BCUT2D eigenvalue weighted by Gasteiger charge is -2.18. The fourth-order valence-electron chi connectivity index (χ4n) is 2.75. The van der Waals surface area contributed by atoms with Crippen LogP contribution in [0.4, 0.5) is 11.4 Å². The number of hydrogen-bond acceptors (Lipinski definition) is 4. The highest BCUT2D eigenvalue weighted by Crippen LogP contribution is 2.29. The van der Waals surface area contributed by atoms with E-state index < -0.39 is 0 Å². The minimum Gasteiger partial charge on any atom is -0.493 e. The van der Waals surface area contributed by atoms with E-state index in [1.165, 1.54) is 16.8 Å². The lowest BCUT2D eigenvalue weighted by Crippen LogP contribution is -2.30. The van der Waals surface area contributed by atoms with Gasteiger partial charge in [0.1, 0.15) is 0 Å². The quantitative estimate of drug-likeness (QED) is 0.339. The average Bonchev–Trinajstić information content (AvgIpc) is 2.66. The Labute approximate surface area is 185 Å². The molecule has 0 aliphatic carbocycles. The predicted molar refractivity (Wildman–Crippen MR) is 129 cm³/mol. The highest BCUT2D eigenvalue weighted by atomic mass is 127. The normalized spacial score (nSPS) is 10.7. The van der Waals surface area contributed by atoms with Crippen molar-refractivity contribution in [2.75, 3.05) is 45.1 Å². The minimum absolute atomic E-state index is 0. The molecule has 2 aromatic rings. The molecule has 0 aromatic heterocycles. The molecule has 2 aromatic carbocycles. The molecular weight excluding hydrogens is 467 g/mol. The van der Waals surface area contributed by atoms with Crippen molar-refractivity contribution in [1.82, 2.24) is 5.32 Å². The Morgan fingerprint density at radius 2 is 1.75 bits per heavy atom. The summed E-state index contributed by atoms with van der Waals surface area (Å²) in [6.45, 7) is 5.50. The molecule has 0 fully saturated rings. The molecular formula is C21H31IN4O2. The van der Waals surface area contributed by atoms with E-state index in [0.717, 1.165) is 18.2 Å². The van der Waals surface area contributed by atoms with E-state index in [0.29, 0.717) is 18.0 Å². The summed E-state index contributed by atoms with van der Waals surface area (Å²) in [4.78, 5) is 6.86. The molecule has 0 aliphatic heterocycles. The van der Waals surface area contributed by atoms with E-state index >= 15 is 0 Å². The van der Waals surface area contributed by atoms with Crippen molar-refractivity contribution in [3.63, 3.8) is 0 Å². The maximum absolute atomic E-state index is 5.37. The Kier molecular flexibility index (Phi) is 9.92. The molecule has 0 saturated carbocycles. The monoisotopic (exact) mass is 498 g/mol. The molecule has 0 atom stereocenters. The average molecular weight is 498 g/mol. The third-order valence-electron chi connectivity index (χ3n) is 4.12. The summed E-state index contributed by atoms with van der Waals surface area (Å²) in [5, 5.41) is 6.61. The number of rotatable bonds is 7. The Morgan fingerprint density at radius 3 is 2.36 bits per heavy atom. The van der Waals surface area contributed by atoms with Crippen LogP contribution in [0.15, 0.2) is 41.4 Å². The van der Waals surface area contributed by atoms with Gasteiger partial charge in [-0.15, -0.1) is 24.0 Å². The third kappa shape index (κ3) is 6.47. The Bertz CT molecular complexity index is 794. The fourth-order valence-corrected chi connectivity index (χ4v) is 2.75. The number of methoxy groups -OCH3 is 2. The molecule has 0 aliphatic rings. The van der Waals surface area contributed by atoms with Gasteiger partial charge in [-0.2, -0.15) is 0 Å². The molecule has 154 valence electrons. The predicted octanol–water partition coefficient (Wildman–Crippen LogP) is 4.27. The summed E-state index contributed by atoms with van der Waals surface area (Å²) >= 11 is 0. The van der Waals surface area contributed by atoms with Gasteiger partial charge in [0.15, 0.2) is 17.5 Å². The van der Waals surface area contributed by atoms with E-state index in [1.807, 2.05) is 25.1 Å².